The summed E-state index contributed by atoms with van der Waals surface area (Å²) in [5.41, 5.74) is 7.50. The van der Waals surface area contributed by atoms with Gasteiger partial charge in [0.25, 0.3) is 0 Å². The maximum atomic E-state index is 6.29. The number of hydrogen-bond donors (Lipinski definition) is 1. The van der Waals surface area contributed by atoms with E-state index >= 15 is 0 Å². The van der Waals surface area contributed by atoms with E-state index in [1.165, 1.54) is 5.56 Å². The standard InChI is InChI=1S/C15H21N3/c1-12(8-9-14-17-10-11-18(14)2)15(16)13-6-4-3-5-7-13/h3-7,10-12,15H,8-9,16H2,1-2H3. The van der Waals surface area contributed by atoms with Crippen LogP contribution in [-0.4, -0.2) is 9.55 Å². The molecule has 0 radical (unpaired) electrons. The van der Waals surface area contributed by atoms with Crippen molar-refractivity contribution in [2.75, 3.05) is 0 Å². The molecule has 2 N–H and O–H groups in total. The van der Waals surface area contributed by atoms with Gasteiger partial charge in [0.05, 0.1) is 0 Å². The molecule has 0 aliphatic rings. The fraction of sp³-hybridized carbons (Fsp3) is 0.400. The molecular formula is C15H21N3. The highest BCUT2D eigenvalue weighted by molar-refractivity contribution is 5.19. The van der Waals surface area contributed by atoms with Crippen LogP contribution in [-0.2, 0) is 13.5 Å². The van der Waals surface area contributed by atoms with Gasteiger partial charge in [-0.1, -0.05) is 37.3 Å². The molecule has 0 saturated carbocycles. The largest absolute Gasteiger partial charge is 0.338 e. The van der Waals surface area contributed by atoms with Crippen LogP contribution in [0, 0.1) is 5.92 Å². The lowest BCUT2D eigenvalue weighted by Crippen LogP contribution is -2.20. The number of aryl methyl sites for hydroxylation is 2. The zero-order valence-corrected chi connectivity index (χ0v) is 11.1. The predicted molar refractivity (Wildman–Crippen MR) is 74.1 cm³/mol. The van der Waals surface area contributed by atoms with E-state index in [1.807, 2.05) is 37.6 Å². The maximum absolute atomic E-state index is 6.29. The van der Waals surface area contributed by atoms with Crippen molar-refractivity contribution >= 4 is 0 Å². The summed E-state index contributed by atoms with van der Waals surface area (Å²) in [7, 11) is 2.03. The monoisotopic (exact) mass is 243 g/mol. The van der Waals surface area contributed by atoms with Crippen molar-refractivity contribution in [3.8, 4) is 0 Å². The third-order valence-electron chi connectivity index (χ3n) is 3.54. The van der Waals surface area contributed by atoms with E-state index < -0.39 is 0 Å². The second-order valence-corrected chi connectivity index (χ2v) is 4.91. The first kappa shape index (κ1) is 12.8. The Morgan fingerprint density at radius 3 is 2.61 bits per heavy atom. The molecule has 2 aromatic rings. The molecule has 3 nitrogen and oxygen atoms in total. The molecule has 0 aliphatic heterocycles. The smallest absolute Gasteiger partial charge is 0.108 e. The summed E-state index contributed by atoms with van der Waals surface area (Å²) < 4.78 is 2.07. The summed E-state index contributed by atoms with van der Waals surface area (Å²) in [6, 6.07) is 10.4. The van der Waals surface area contributed by atoms with E-state index in [-0.39, 0.29) is 6.04 Å². The lowest BCUT2D eigenvalue weighted by Gasteiger charge is -2.20. The van der Waals surface area contributed by atoms with Crippen molar-refractivity contribution in [1.29, 1.82) is 0 Å². The van der Waals surface area contributed by atoms with Crippen molar-refractivity contribution < 1.29 is 0 Å². The van der Waals surface area contributed by atoms with Gasteiger partial charge < -0.3 is 10.3 Å². The third kappa shape index (κ3) is 2.99. The molecule has 3 heteroatoms. The average Bonchev–Trinajstić information content (AvgIpc) is 2.81. The average molecular weight is 243 g/mol. The van der Waals surface area contributed by atoms with Crippen LogP contribution in [0.25, 0.3) is 0 Å². The molecule has 2 unspecified atom stereocenters. The number of rotatable bonds is 5. The number of nitrogens with zero attached hydrogens (tertiary/aromatic N) is 2. The topological polar surface area (TPSA) is 43.8 Å². The number of nitrogens with two attached hydrogens (primary N) is 1. The van der Waals surface area contributed by atoms with E-state index in [9.17, 15) is 0 Å². The maximum Gasteiger partial charge on any atom is 0.108 e. The van der Waals surface area contributed by atoms with Crippen LogP contribution in [0.2, 0.25) is 0 Å². The van der Waals surface area contributed by atoms with Crippen LogP contribution in [0.4, 0.5) is 0 Å². The van der Waals surface area contributed by atoms with Gasteiger partial charge in [-0.15, -0.1) is 0 Å². The molecule has 0 aliphatic carbocycles. The van der Waals surface area contributed by atoms with Crippen LogP contribution >= 0.6 is 0 Å². The second-order valence-electron chi connectivity index (χ2n) is 4.91. The van der Waals surface area contributed by atoms with Crippen LogP contribution in [0.1, 0.15) is 30.8 Å². The number of benzene rings is 1. The summed E-state index contributed by atoms with van der Waals surface area (Å²) in [6.45, 7) is 2.21. The molecule has 0 amide bonds. The van der Waals surface area contributed by atoms with Gasteiger partial charge in [-0.3, -0.25) is 0 Å². The van der Waals surface area contributed by atoms with E-state index in [2.05, 4.69) is 28.6 Å². The first-order valence-electron chi connectivity index (χ1n) is 6.45. The van der Waals surface area contributed by atoms with Gasteiger partial charge in [0, 0.05) is 31.9 Å². The van der Waals surface area contributed by atoms with Gasteiger partial charge in [0.2, 0.25) is 0 Å². The van der Waals surface area contributed by atoms with E-state index in [0.717, 1.165) is 18.7 Å². The fourth-order valence-electron chi connectivity index (χ4n) is 2.18. The normalized spacial score (nSPS) is 14.4. The van der Waals surface area contributed by atoms with Gasteiger partial charge in [-0.2, -0.15) is 0 Å². The van der Waals surface area contributed by atoms with Crippen LogP contribution in [0.15, 0.2) is 42.7 Å². The first-order valence-corrected chi connectivity index (χ1v) is 6.45. The molecule has 1 aromatic heterocycles. The summed E-state index contributed by atoms with van der Waals surface area (Å²) >= 11 is 0. The highest BCUT2D eigenvalue weighted by Gasteiger charge is 2.15. The fourth-order valence-corrected chi connectivity index (χ4v) is 2.18. The highest BCUT2D eigenvalue weighted by Crippen LogP contribution is 2.22. The minimum absolute atomic E-state index is 0.103. The SMILES string of the molecule is CC(CCc1nccn1C)C(N)c1ccccc1. The van der Waals surface area contributed by atoms with Gasteiger partial charge >= 0.3 is 0 Å². The summed E-state index contributed by atoms with van der Waals surface area (Å²) in [5.74, 6) is 1.58. The minimum Gasteiger partial charge on any atom is -0.338 e. The van der Waals surface area contributed by atoms with E-state index in [0.29, 0.717) is 5.92 Å². The van der Waals surface area contributed by atoms with Gasteiger partial charge in [0.1, 0.15) is 5.82 Å². The summed E-state index contributed by atoms with van der Waals surface area (Å²) in [5, 5.41) is 0. The number of hydrogen-bond acceptors (Lipinski definition) is 2. The molecule has 0 saturated heterocycles. The Morgan fingerprint density at radius 1 is 1.28 bits per heavy atom. The van der Waals surface area contributed by atoms with E-state index in [1.54, 1.807) is 0 Å². The van der Waals surface area contributed by atoms with E-state index in [4.69, 9.17) is 5.73 Å². The Bertz CT molecular complexity index is 475. The van der Waals surface area contributed by atoms with Gasteiger partial charge in [-0.05, 0) is 17.9 Å². The predicted octanol–water partition coefficient (Wildman–Crippen LogP) is 2.69. The Labute approximate surface area is 109 Å². The molecule has 18 heavy (non-hydrogen) atoms. The highest BCUT2D eigenvalue weighted by atomic mass is 15.0. The Hall–Kier alpha value is -1.61. The Kier molecular flexibility index (Phi) is 4.15. The zero-order chi connectivity index (χ0) is 13.0. The summed E-state index contributed by atoms with van der Waals surface area (Å²) in [4.78, 5) is 4.34. The lowest BCUT2D eigenvalue weighted by atomic mass is 9.91. The zero-order valence-electron chi connectivity index (χ0n) is 11.1. The number of aromatic nitrogens is 2. The quantitative estimate of drug-likeness (QED) is 0.877. The van der Waals surface area contributed by atoms with Crippen LogP contribution < -0.4 is 5.73 Å². The molecule has 0 fully saturated rings. The van der Waals surface area contributed by atoms with Crippen LogP contribution in [0.5, 0.6) is 0 Å². The minimum atomic E-state index is 0.103. The lowest BCUT2D eigenvalue weighted by molar-refractivity contribution is 0.432. The van der Waals surface area contributed by atoms with Crippen LogP contribution in [0.3, 0.4) is 0 Å². The Morgan fingerprint density at radius 2 is 2.00 bits per heavy atom. The van der Waals surface area contributed by atoms with Crippen molar-refractivity contribution in [2.24, 2.45) is 18.7 Å². The van der Waals surface area contributed by atoms with Crippen molar-refractivity contribution in [3.05, 3.63) is 54.1 Å². The van der Waals surface area contributed by atoms with Crippen molar-refractivity contribution in [3.63, 3.8) is 0 Å². The van der Waals surface area contributed by atoms with Crippen molar-refractivity contribution in [2.45, 2.75) is 25.8 Å². The number of imidazole rings is 1. The molecule has 2 rings (SSSR count). The molecule has 1 heterocycles. The molecular weight excluding hydrogens is 222 g/mol. The second kappa shape index (κ2) is 5.83. The van der Waals surface area contributed by atoms with Crippen molar-refractivity contribution in [1.82, 2.24) is 9.55 Å². The molecule has 96 valence electrons. The first-order chi connectivity index (χ1) is 8.68. The third-order valence-corrected chi connectivity index (χ3v) is 3.54. The van der Waals surface area contributed by atoms with Gasteiger partial charge in [-0.25, -0.2) is 4.98 Å². The molecule has 2 atom stereocenters. The summed E-state index contributed by atoms with van der Waals surface area (Å²) in [6.07, 6.45) is 5.86. The molecule has 0 spiro atoms. The molecule has 0 bridgehead atoms. The molecule has 1 aromatic carbocycles. The Balaban J connectivity index is 1.92. The van der Waals surface area contributed by atoms with Gasteiger partial charge in [0.15, 0.2) is 0 Å².